The van der Waals surface area contributed by atoms with Gasteiger partial charge in [0.2, 0.25) is 11.7 Å². The molecular formula is C16H19N7O3. The van der Waals surface area contributed by atoms with Gasteiger partial charge in [0.25, 0.3) is 5.91 Å². The minimum Gasteiger partial charge on any atom is -0.348 e. The highest BCUT2D eigenvalue weighted by Gasteiger charge is 2.14. The first-order chi connectivity index (χ1) is 12.4. The van der Waals surface area contributed by atoms with Crippen LogP contribution in [-0.4, -0.2) is 61.0 Å². The van der Waals surface area contributed by atoms with Crippen LogP contribution in [-0.2, 0) is 18.3 Å². The number of likely N-dealkylation sites (N-methyl/N-ethyl adjacent to an activating group) is 1. The molecule has 0 aliphatic rings. The Hall–Kier alpha value is -3.43. The zero-order chi connectivity index (χ0) is 18.7. The predicted molar refractivity (Wildman–Crippen MR) is 92.7 cm³/mol. The number of pyridine rings is 1. The number of rotatable bonds is 6. The highest BCUT2D eigenvalue weighted by molar-refractivity contribution is 5.90. The summed E-state index contributed by atoms with van der Waals surface area (Å²) in [6.07, 6.45) is 3.87. The number of nitrogens with one attached hydrogen (secondary N) is 2. The Morgan fingerprint density at radius 1 is 1.35 bits per heavy atom. The third kappa shape index (κ3) is 3.79. The van der Waals surface area contributed by atoms with Gasteiger partial charge in [-0.2, -0.15) is 0 Å². The van der Waals surface area contributed by atoms with Crippen molar-refractivity contribution in [1.82, 2.24) is 34.4 Å². The van der Waals surface area contributed by atoms with Gasteiger partial charge in [0, 0.05) is 39.6 Å². The molecule has 3 rings (SSSR count). The van der Waals surface area contributed by atoms with Crippen LogP contribution in [0.25, 0.3) is 5.65 Å². The maximum absolute atomic E-state index is 12.3. The first-order valence-electron chi connectivity index (χ1n) is 8.02. The monoisotopic (exact) mass is 357 g/mol. The van der Waals surface area contributed by atoms with Crippen molar-refractivity contribution in [2.45, 2.75) is 6.42 Å². The Balaban J connectivity index is 1.49. The van der Waals surface area contributed by atoms with Gasteiger partial charge in [0.15, 0.2) is 0 Å². The molecule has 10 nitrogen and oxygen atoms in total. The second-order valence-corrected chi connectivity index (χ2v) is 5.85. The van der Waals surface area contributed by atoms with Crippen molar-refractivity contribution in [1.29, 1.82) is 0 Å². The summed E-state index contributed by atoms with van der Waals surface area (Å²) in [4.78, 5) is 43.7. The summed E-state index contributed by atoms with van der Waals surface area (Å²) >= 11 is 0. The molecule has 2 N–H and O–H groups in total. The normalized spacial score (nSPS) is 10.8. The van der Waals surface area contributed by atoms with E-state index in [0.717, 1.165) is 10.3 Å². The molecule has 0 aromatic carbocycles. The standard InChI is InChI=1S/C16H19N7O3/c1-21(8-6-17-15(25)14-19-16(26)22(2)20-14)13(24)9-11-10-23-7-4-3-5-12(23)18-11/h3-5,7,10H,6,8-9H2,1-2H3,(H,17,25)(H,19,20,26). The Labute approximate surface area is 148 Å². The number of nitrogens with zero attached hydrogens (tertiary/aromatic N) is 5. The molecule has 0 saturated heterocycles. The van der Waals surface area contributed by atoms with Crippen molar-refractivity contribution < 1.29 is 9.59 Å². The summed E-state index contributed by atoms with van der Waals surface area (Å²) in [5, 5.41) is 6.38. The molecule has 26 heavy (non-hydrogen) atoms. The highest BCUT2D eigenvalue weighted by Crippen LogP contribution is 2.06. The summed E-state index contributed by atoms with van der Waals surface area (Å²) in [7, 11) is 3.11. The zero-order valence-electron chi connectivity index (χ0n) is 14.5. The number of carbonyl (C=O) groups is 2. The van der Waals surface area contributed by atoms with Crippen LogP contribution >= 0.6 is 0 Å². The van der Waals surface area contributed by atoms with E-state index in [9.17, 15) is 14.4 Å². The number of hydrogen-bond donors (Lipinski definition) is 2. The van der Waals surface area contributed by atoms with Crippen LogP contribution in [0.15, 0.2) is 35.4 Å². The number of aromatic amines is 1. The van der Waals surface area contributed by atoms with Crippen LogP contribution in [0.4, 0.5) is 0 Å². The molecule has 0 saturated carbocycles. The molecule has 0 aliphatic carbocycles. The van der Waals surface area contributed by atoms with Gasteiger partial charge in [-0.1, -0.05) is 6.07 Å². The van der Waals surface area contributed by atoms with Crippen LogP contribution in [0.1, 0.15) is 16.3 Å². The van der Waals surface area contributed by atoms with Crippen molar-refractivity contribution in [3.05, 3.63) is 52.6 Å². The molecule has 0 radical (unpaired) electrons. The quantitative estimate of drug-likeness (QED) is 0.598. The SMILES string of the molecule is CN(CCNC(=O)c1nn(C)c(=O)[nH]1)C(=O)Cc1cn2ccccc2n1. The molecule has 0 fully saturated rings. The Bertz CT molecular complexity index is 968. The number of carbonyl (C=O) groups excluding carboxylic acids is 2. The lowest BCUT2D eigenvalue weighted by Gasteiger charge is -2.16. The average Bonchev–Trinajstić information content (AvgIpc) is 3.17. The Kier molecular flexibility index (Phi) is 4.83. The second kappa shape index (κ2) is 7.21. The second-order valence-electron chi connectivity index (χ2n) is 5.85. The van der Waals surface area contributed by atoms with Crippen LogP contribution in [0.3, 0.4) is 0 Å². The van der Waals surface area contributed by atoms with Crippen molar-refractivity contribution in [2.75, 3.05) is 20.1 Å². The van der Waals surface area contributed by atoms with Crippen LogP contribution in [0.2, 0.25) is 0 Å². The largest absolute Gasteiger partial charge is 0.348 e. The molecule has 0 unspecified atom stereocenters. The van der Waals surface area contributed by atoms with Crippen molar-refractivity contribution in [3.63, 3.8) is 0 Å². The highest BCUT2D eigenvalue weighted by atomic mass is 16.2. The van der Waals surface area contributed by atoms with Gasteiger partial charge in [-0.3, -0.25) is 14.6 Å². The zero-order valence-corrected chi connectivity index (χ0v) is 14.5. The van der Waals surface area contributed by atoms with Gasteiger partial charge in [0.05, 0.1) is 12.1 Å². The minimum atomic E-state index is -0.496. The molecule has 136 valence electrons. The lowest BCUT2D eigenvalue weighted by atomic mass is 10.3. The molecule has 0 atom stereocenters. The average molecular weight is 357 g/mol. The van der Waals surface area contributed by atoms with E-state index in [2.05, 4.69) is 20.4 Å². The number of imidazole rings is 1. The van der Waals surface area contributed by atoms with Gasteiger partial charge < -0.3 is 14.6 Å². The fourth-order valence-electron chi connectivity index (χ4n) is 2.41. The predicted octanol–water partition coefficient (Wildman–Crippen LogP) is -0.813. The molecule has 3 heterocycles. The van der Waals surface area contributed by atoms with E-state index in [4.69, 9.17) is 0 Å². The van der Waals surface area contributed by atoms with E-state index in [-0.39, 0.29) is 24.7 Å². The van der Waals surface area contributed by atoms with Gasteiger partial charge in [-0.15, -0.1) is 5.10 Å². The summed E-state index contributed by atoms with van der Waals surface area (Å²) in [6, 6.07) is 5.65. The van der Waals surface area contributed by atoms with E-state index in [1.54, 1.807) is 7.05 Å². The molecule has 3 aromatic rings. The van der Waals surface area contributed by atoms with Crippen molar-refractivity contribution >= 4 is 17.5 Å². The number of amides is 2. The van der Waals surface area contributed by atoms with Crippen LogP contribution < -0.4 is 11.0 Å². The first-order valence-corrected chi connectivity index (χ1v) is 8.02. The number of aryl methyl sites for hydroxylation is 1. The van der Waals surface area contributed by atoms with Crippen molar-refractivity contribution in [2.24, 2.45) is 7.05 Å². The van der Waals surface area contributed by atoms with Crippen LogP contribution in [0, 0.1) is 0 Å². The smallest absolute Gasteiger partial charge is 0.343 e. The third-order valence-corrected chi connectivity index (χ3v) is 3.89. The Morgan fingerprint density at radius 3 is 2.85 bits per heavy atom. The van der Waals surface area contributed by atoms with Gasteiger partial charge in [-0.25, -0.2) is 14.5 Å². The lowest BCUT2D eigenvalue weighted by Crippen LogP contribution is -2.37. The number of H-pyrrole nitrogens is 1. The van der Waals surface area contributed by atoms with E-state index in [0.29, 0.717) is 12.2 Å². The Morgan fingerprint density at radius 2 is 2.15 bits per heavy atom. The summed E-state index contributed by atoms with van der Waals surface area (Å²) in [6.45, 7) is 0.569. The van der Waals surface area contributed by atoms with E-state index in [1.165, 1.54) is 11.9 Å². The van der Waals surface area contributed by atoms with Gasteiger partial charge in [0.1, 0.15) is 5.65 Å². The lowest BCUT2D eigenvalue weighted by molar-refractivity contribution is -0.129. The summed E-state index contributed by atoms with van der Waals surface area (Å²) < 4.78 is 2.90. The van der Waals surface area contributed by atoms with Crippen molar-refractivity contribution in [3.8, 4) is 0 Å². The number of hydrogen-bond acceptors (Lipinski definition) is 5. The molecule has 0 bridgehead atoms. The molecular weight excluding hydrogens is 338 g/mol. The fraction of sp³-hybridized carbons (Fsp3) is 0.312. The van der Waals surface area contributed by atoms with E-state index in [1.807, 2.05) is 35.0 Å². The summed E-state index contributed by atoms with van der Waals surface area (Å²) in [5.74, 6) is -0.658. The van der Waals surface area contributed by atoms with Crippen LogP contribution in [0.5, 0.6) is 0 Å². The summed E-state index contributed by atoms with van der Waals surface area (Å²) in [5.41, 5.74) is 1.01. The maximum Gasteiger partial charge on any atom is 0.343 e. The maximum atomic E-state index is 12.3. The number of fused-ring (bicyclic) bond motifs is 1. The van der Waals surface area contributed by atoms with Gasteiger partial charge in [-0.05, 0) is 12.1 Å². The fourth-order valence-corrected chi connectivity index (χ4v) is 2.41. The van der Waals surface area contributed by atoms with E-state index >= 15 is 0 Å². The minimum absolute atomic E-state index is 0.0591. The first kappa shape index (κ1) is 17.4. The number of aromatic nitrogens is 5. The topological polar surface area (TPSA) is 117 Å². The molecule has 0 spiro atoms. The van der Waals surface area contributed by atoms with Gasteiger partial charge >= 0.3 is 5.69 Å². The molecule has 0 aliphatic heterocycles. The molecule has 3 aromatic heterocycles. The third-order valence-electron chi connectivity index (χ3n) is 3.89. The molecule has 10 heteroatoms. The molecule has 2 amide bonds. The van der Waals surface area contributed by atoms with E-state index < -0.39 is 11.6 Å².